The van der Waals surface area contributed by atoms with Crippen LogP contribution in [0.5, 0.6) is 0 Å². The summed E-state index contributed by atoms with van der Waals surface area (Å²) in [5, 5.41) is 0. The molecule has 1 aliphatic heterocycles. The van der Waals surface area contributed by atoms with Crippen molar-refractivity contribution in [2.45, 2.75) is 25.8 Å². The summed E-state index contributed by atoms with van der Waals surface area (Å²) in [4.78, 5) is 13.6. The van der Waals surface area contributed by atoms with Gasteiger partial charge in [-0.15, -0.1) is 0 Å². The van der Waals surface area contributed by atoms with Crippen molar-refractivity contribution in [2.75, 3.05) is 26.7 Å². The van der Waals surface area contributed by atoms with E-state index in [2.05, 4.69) is 9.64 Å². The average Bonchev–Trinajstić information content (AvgIpc) is 2.89. The zero-order valence-corrected chi connectivity index (χ0v) is 11.4. The van der Waals surface area contributed by atoms with Crippen LogP contribution in [-0.2, 0) is 11.3 Å². The molecule has 0 atom stereocenters. The topological polar surface area (TPSA) is 68.7 Å². The number of furan rings is 1. The summed E-state index contributed by atoms with van der Waals surface area (Å²) in [6.45, 7) is 3.68. The first-order valence-electron chi connectivity index (χ1n) is 6.82. The minimum Gasteiger partial charge on any atom is -0.463 e. The Morgan fingerprint density at radius 3 is 2.84 bits per heavy atom. The molecule has 19 heavy (non-hydrogen) atoms. The summed E-state index contributed by atoms with van der Waals surface area (Å²) >= 11 is 0. The summed E-state index contributed by atoms with van der Waals surface area (Å²) in [5.41, 5.74) is 5.59. The van der Waals surface area contributed by atoms with Crippen LogP contribution in [0, 0.1) is 5.92 Å². The molecule has 0 spiro atoms. The standard InChI is InChI=1S/C14H22N2O3/c1-18-14(17)13-3-2-12(19-13)10-16-8-5-11(4-7-15)6-9-16/h2-3,11H,4-10,15H2,1H3. The maximum absolute atomic E-state index is 11.3. The van der Waals surface area contributed by atoms with Crippen LogP contribution in [0.4, 0.5) is 0 Å². The van der Waals surface area contributed by atoms with Gasteiger partial charge in [0.2, 0.25) is 5.76 Å². The van der Waals surface area contributed by atoms with E-state index in [-0.39, 0.29) is 5.76 Å². The van der Waals surface area contributed by atoms with Crippen LogP contribution in [0.25, 0.3) is 0 Å². The second-order valence-electron chi connectivity index (χ2n) is 5.05. The fourth-order valence-electron chi connectivity index (χ4n) is 2.56. The molecule has 1 aliphatic rings. The first kappa shape index (κ1) is 14.1. The highest BCUT2D eigenvalue weighted by Crippen LogP contribution is 2.21. The van der Waals surface area contributed by atoms with E-state index in [9.17, 15) is 4.79 Å². The number of carbonyl (C=O) groups excluding carboxylic acids is 1. The predicted molar refractivity (Wildman–Crippen MR) is 71.7 cm³/mol. The first-order chi connectivity index (χ1) is 9.22. The Bertz CT molecular complexity index is 409. The van der Waals surface area contributed by atoms with Crippen LogP contribution < -0.4 is 5.73 Å². The minimum atomic E-state index is -0.423. The van der Waals surface area contributed by atoms with E-state index < -0.39 is 5.97 Å². The molecule has 1 saturated heterocycles. The van der Waals surface area contributed by atoms with Crippen LogP contribution in [0.1, 0.15) is 35.6 Å². The smallest absolute Gasteiger partial charge is 0.373 e. The molecule has 0 bridgehead atoms. The van der Waals surface area contributed by atoms with E-state index in [1.165, 1.54) is 20.0 Å². The van der Waals surface area contributed by atoms with Crippen molar-refractivity contribution in [3.8, 4) is 0 Å². The number of ether oxygens (including phenoxy) is 1. The molecule has 5 heteroatoms. The molecule has 5 nitrogen and oxygen atoms in total. The summed E-state index contributed by atoms with van der Waals surface area (Å²) in [6, 6.07) is 3.51. The maximum Gasteiger partial charge on any atom is 0.373 e. The molecule has 0 aromatic carbocycles. The Morgan fingerprint density at radius 2 is 2.21 bits per heavy atom. The lowest BCUT2D eigenvalue weighted by molar-refractivity contribution is 0.0560. The van der Waals surface area contributed by atoms with Gasteiger partial charge < -0.3 is 14.9 Å². The molecule has 2 N–H and O–H groups in total. The van der Waals surface area contributed by atoms with Crippen molar-refractivity contribution in [1.29, 1.82) is 0 Å². The molecule has 0 radical (unpaired) electrons. The Hall–Kier alpha value is -1.33. The third-order valence-corrected chi connectivity index (χ3v) is 3.71. The van der Waals surface area contributed by atoms with Crippen LogP contribution in [-0.4, -0.2) is 37.6 Å². The number of nitrogens with zero attached hydrogens (tertiary/aromatic N) is 1. The fraction of sp³-hybridized carbons (Fsp3) is 0.643. The molecule has 0 saturated carbocycles. The second-order valence-corrected chi connectivity index (χ2v) is 5.05. The van der Waals surface area contributed by atoms with Gasteiger partial charge in [0.1, 0.15) is 5.76 Å². The number of likely N-dealkylation sites (tertiary alicyclic amines) is 1. The molecule has 1 aromatic heterocycles. The number of methoxy groups -OCH3 is 1. The van der Waals surface area contributed by atoms with Crippen molar-refractivity contribution in [2.24, 2.45) is 11.7 Å². The third-order valence-electron chi connectivity index (χ3n) is 3.71. The number of piperidine rings is 1. The lowest BCUT2D eigenvalue weighted by Gasteiger charge is -2.31. The van der Waals surface area contributed by atoms with E-state index in [0.29, 0.717) is 0 Å². The molecule has 106 valence electrons. The van der Waals surface area contributed by atoms with Gasteiger partial charge >= 0.3 is 5.97 Å². The molecular weight excluding hydrogens is 244 g/mol. The number of esters is 1. The number of nitrogens with two attached hydrogens (primary N) is 1. The molecule has 2 rings (SSSR count). The summed E-state index contributed by atoms with van der Waals surface area (Å²) < 4.78 is 10.1. The normalized spacial score (nSPS) is 17.6. The van der Waals surface area contributed by atoms with Gasteiger partial charge in [-0.2, -0.15) is 0 Å². The number of hydrogen-bond donors (Lipinski definition) is 1. The van der Waals surface area contributed by atoms with Gasteiger partial charge in [0.15, 0.2) is 0 Å². The molecular formula is C14H22N2O3. The zero-order chi connectivity index (χ0) is 13.7. The Kier molecular flexibility index (Phi) is 4.99. The molecule has 0 aliphatic carbocycles. The van der Waals surface area contributed by atoms with Gasteiger partial charge in [0.25, 0.3) is 0 Å². The summed E-state index contributed by atoms with van der Waals surface area (Å²) in [5.74, 6) is 1.43. The summed E-state index contributed by atoms with van der Waals surface area (Å²) in [7, 11) is 1.35. The predicted octanol–water partition coefficient (Wildman–Crippen LogP) is 1.63. The van der Waals surface area contributed by atoms with Gasteiger partial charge in [0.05, 0.1) is 13.7 Å². The zero-order valence-electron chi connectivity index (χ0n) is 11.4. The van der Waals surface area contributed by atoms with Gasteiger partial charge in [-0.05, 0) is 56.9 Å². The quantitative estimate of drug-likeness (QED) is 0.820. The van der Waals surface area contributed by atoms with Crippen LogP contribution in [0.15, 0.2) is 16.5 Å². The lowest BCUT2D eigenvalue weighted by atomic mass is 9.93. The van der Waals surface area contributed by atoms with Gasteiger partial charge in [-0.25, -0.2) is 4.79 Å². The van der Waals surface area contributed by atoms with E-state index in [4.69, 9.17) is 10.2 Å². The lowest BCUT2D eigenvalue weighted by Crippen LogP contribution is -2.33. The van der Waals surface area contributed by atoms with E-state index in [1.807, 2.05) is 6.07 Å². The van der Waals surface area contributed by atoms with E-state index in [1.54, 1.807) is 6.07 Å². The number of rotatable bonds is 5. The van der Waals surface area contributed by atoms with Crippen LogP contribution >= 0.6 is 0 Å². The highest BCUT2D eigenvalue weighted by molar-refractivity contribution is 5.86. The molecule has 2 heterocycles. The number of hydrogen-bond acceptors (Lipinski definition) is 5. The van der Waals surface area contributed by atoms with Crippen molar-refractivity contribution in [3.63, 3.8) is 0 Å². The highest BCUT2D eigenvalue weighted by atomic mass is 16.5. The molecule has 1 fully saturated rings. The van der Waals surface area contributed by atoms with Crippen molar-refractivity contribution in [3.05, 3.63) is 23.7 Å². The van der Waals surface area contributed by atoms with E-state index in [0.717, 1.165) is 44.3 Å². The summed E-state index contributed by atoms with van der Waals surface area (Å²) in [6.07, 6.45) is 3.52. The Balaban J connectivity index is 1.82. The Morgan fingerprint density at radius 1 is 1.47 bits per heavy atom. The van der Waals surface area contributed by atoms with E-state index >= 15 is 0 Å². The van der Waals surface area contributed by atoms with Crippen LogP contribution in [0.3, 0.4) is 0 Å². The monoisotopic (exact) mass is 266 g/mol. The van der Waals surface area contributed by atoms with Gasteiger partial charge in [0, 0.05) is 0 Å². The average molecular weight is 266 g/mol. The minimum absolute atomic E-state index is 0.274. The number of carbonyl (C=O) groups is 1. The first-order valence-corrected chi connectivity index (χ1v) is 6.82. The van der Waals surface area contributed by atoms with Crippen molar-refractivity contribution in [1.82, 2.24) is 4.90 Å². The van der Waals surface area contributed by atoms with Crippen molar-refractivity contribution < 1.29 is 13.9 Å². The Labute approximate surface area is 113 Å². The third kappa shape index (κ3) is 3.81. The second kappa shape index (κ2) is 6.73. The van der Waals surface area contributed by atoms with Gasteiger partial charge in [-0.3, -0.25) is 4.90 Å². The molecule has 1 aromatic rings. The highest BCUT2D eigenvalue weighted by Gasteiger charge is 2.20. The van der Waals surface area contributed by atoms with Gasteiger partial charge in [-0.1, -0.05) is 0 Å². The fourth-order valence-corrected chi connectivity index (χ4v) is 2.56. The van der Waals surface area contributed by atoms with Crippen molar-refractivity contribution >= 4 is 5.97 Å². The molecule has 0 amide bonds. The largest absolute Gasteiger partial charge is 0.463 e. The molecule has 0 unspecified atom stereocenters. The van der Waals surface area contributed by atoms with Crippen LogP contribution in [0.2, 0.25) is 0 Å². The maximum atomic E-state index is 11.3. The SMILES string of the molecule is COC(=O)c1ccc(CN2CCC(CCN)CC2)o1.